The summed E-state index contributed by atoms with van der Waals surface area (Å²) in [7, 11) is 3.47. The maximum absolute atomic E-state index is 12.9. The van der Waals surface area contributed by atoms with Crippen LogP contribution < -0.4 is 0 Å². The smallest absolute Gasteiger partial charge is 0.320 e. The fraction of sp³-hybridized carbons (Fsp3) is 0.286. The molecule has 0 aliphatic carbocycles. The third-order valence-corrected chi connectivity index (χ3v) is 4.80. The predicted octanol–water partition coefficient (Wildman–Crippen LogP) is 3.34. The van der Waals surface area contributed by atoms with Crippen LogP contribution in [0.1, 0.15) is 18.1 Å². The Morgan fingerprint density at radius 1 is 1.08 bits per heavy atom. The molecular formula is C21H24N2O2. The van der Waals surface area contributed by atoms with Crippen molar-refractivity contribution < 1.29 is 9.90 Å². The van der Waals surface area contributed by atoms with Gasteiger partial charge in [-0.15, -0.1) is 0 Å². The highest BCUT2D eigenvalue weighted by atomic mass is 16.3. The Morgan fingerprint density at radius 3 is 2.16 bits per heavy atom. The number of carbonyl (C=O) groups excluding carboxylic acids is 1. The van der Waals surface area contributed by atoms with Crippen molar-refractivity contribution in [2.75, 3.05) is 20.6 Å². The molecule has 1 aliphatic heterocycles. The lowest BCUT2D eigenvalue weighted by atomic mass is 9.84. The molecule has 2 aromatic rings. The van der Waals surface area contributed by atoms with E-state index < -0.39 is 11.6 Å². The molecule has 0 aromatic heterocycles. The highest BCUT2D eigenvalue weighted by Crippen LogP contribution is 2.43. The molecule has 4 nitrogen and oxygen atoms in total. The van der Waals surface area contributed by atoms with Crippen molar-refractivity contribution in [3.63, 3.8) is 0 Å². The van der Waals surface area contributed by atoms with Gasteiger partial charge in [-0.1, -0.05) is 60.7 Å². The topological polar surface area (TPSA) is 43.8 Å². The Balaban J connectivity index is 2.18. The number of amides is 2. The zero-order valence-corrected chi connectivity index (χ0v) is 14.9. The predicted molar refractivity (Wildman–Crippen MR) is 100 cm³/mol. The van der Waals surface area contributed by atoms with Crippen LogP contribution in [-0.2, 0) is 5.54 Å². The molecule has 0 spiro atoms. The second-order valence-corrected chi connectivity index (χ2v) is 6.67. The molecule has 2 atom stereocenters. The molecule has 1 heterocycles. The molecule has 25 heavy (non-hydrogen) atoms. The average molecular weight is 336 g/mol. The van der Waals surface area contributed by atoms with Crippen LogP contribution in [0.2, 0.25) is 0 Å². The second-order valence-electron chi connectivity index (χ2n) is 6.67. The molecule has 4 heteroatoms. The first-order chi connectivity index (χ1) is 12.0. The van der Waals surface area contributed by atoms with Crippen LogP contribution in [0, 0.1) is 0 Å². The number of carbonyl (C=O) groups is 1. The molecule has 0 saturated heterocycles. The molecule has 1 aliphatic rings. The van der Waals surface area contributed by atoms with Crippen LogP contribution in [0.15, 0.2) is 66.7 Å². The minimum Gasteiger partial charge on any atom is -0.390 e. The maximum atomic E-state index is 12.9. The van der Waals surface area contributed by atoms with Gasteiger partial charge in [0.15, 0.2) is 0 Å². The number of aliphatic hydroxyl groups excluding tert-OH is 1. The molecule has 2 unspecified atom stereocenters. The van der Waals surface area contributed by atoms with Crippen molar-refractivity contribution in [3.8, 4) is 0 Å². The summed E-state index contributed by atoms with van der Waals surface area (Å²) < 4.78 is 0. The van der Waals surface area contributed by atoms with Gasteiger partial charge in [0, 0.05) is 20.6 Å². The van der Waals surface area contributed by atoms with Gasteiger partial charge in [0.1, 0.15) is 5.54 Å². The van der Waals surface area contributed by atoms with Crippen LogP contribution in [0.25, 0.3) is 5.57 Å². The van der Waals surface area contributed by atoms with E-state index in [0.717, 1.165) is 16.7 Å². The first-order valence-corrected chi connectivity index (χ1v) is 8.46. The van der Waals surface area contributed by atoms with E-state index in [-0.39, 0.29) is 6.03 Å². The van der Waals surface area contributed by atoms with Crippen LogP contribution in [0.4, 0.5) is 4.79 Å². The summed E-state index contributed by atoms with van der Waals surface area (Å²) in [4.78, 5) is 16.2. The molecule has 0 fully saturated rings. The zero-order chi connectivity index (χ0) is 18.0. The van der Waals surface area contributed by atoms with E-state index in [0.29, 0.717) is 6.54 Å². The SMILES string of the molecule is CC(O)C1(c2ccccc2)C=C(c2ccccc2)CN1C(=O)N(C)C. The Hall–Kier alpha value is -2.59. The van der Waals surface area contributed by atoms with E-state index in [2.05, 4.69) is 0 Å². The minimum absolute atomic E-state index is 0.119. The number of nitrogens with zero attached hydrogens (tertiary/aromatic N) is 2. The normalized spacial score (nSPS) is 21.0. The van der Waals surface area contributed by atoms with Crippen molar-refractivity contribution in [2.45, 2.75) is 18.6 Å². The van der Waals surface area contributed by atoms with Gasteiger partial charge in [0.2, 0.25) is 0 Å². The summed E-state index contributed by atoms with van der Waals surface area (Å²) in [6, 6.07) is 19.6. The van der Waals surface area contributed by atoms with Crippen molar-refractivity contribution >= 4 is 11.6 Å². The molecule has 0 bridgehead atoms. The molecular weight excluding hydrogens is 312 g/mol. The molecule has 3 rings (SSSR count). The molecule has 2 amide bonds. The monoisotopic (exact) mass is 336 g/mol. The summed E-state index contributed by atoms with van der Waals surface area (Å²) >= 11 is 0. The lowest BCUT2D eigenvalue weighted by Crippen LogP contribution is -2.54. The van der Waals surface area contributed by atoms with Crippen molar-refractivity contribution in [1.29, 1.82) is 0 Å². The minimum atomic E-state index is -0.881. The Bertz CT molecular complexity index is 769. The van der Waals surface area contributed by atoms with E-state index in [1.807, 2.05) is 66.7 Å². The number of aliphatic hydroxyl groups is 1. The summed E-state index contributed by atoms with van der Waals surface area (Å²) in [6.45, 7) is 2.20. The lowest BCUT2D eigenvalue weighted by molar-refractivity contribution is 0.0346. The van der Waals surface area contributed by atoms with Crippen LogP contribution in [0.3, 0.4) is 0 Å². The van der Waals surface area contributed by atoms with Crippen molar-refractivity contribution in [3.05, 3.63) is 77.9 Å². The Labute approximate surface area is 149 Å². The van der Waals surface area contributed by atoms with E-state index in [4.69, 9.17) is 0 Å². The summed E-state index contributed by atoms with van der Waals surface area (Å²) in [5.41, 5.74) is 2.14. The van der Waals surface area contributed by atoms with E-state index >= 15 is 0 Å². The number of rotatable bonds is 3. The molecule has 0 radical (unpaired) electrons. The molecule has 1 N–H and O–H groups in total. The average Bonchev–Trinajstić information content (AvgIpc) is 3.04. The Kier molecular flexibility index (Phi) is 4.64. The number of hydrogen-bond acceptors (Lipinski definition) is 2. The van der Waals surface area contributed by atoms with Crippen LogP contribution in [-0.4, -0.2) is 47.7 Å². The summed E-state index contributed by atoms with van der Waals surface area (Å²) in [5, 5.41) is 10.8. The Morgan fingerprint density at radius 2 is 1.64 bits per heavy atom. The fourth-order valence-electron chi connectivity index (χ4n) is 3.52. The number of urea groups is 1. The van der Waals surface area contributed by atoms with Crippen molar-refractivity contribution in [1.82, 2.24) is 9.80 Å². The molecule has 2 aromatic carbocycles. The first-order valence-electron chi connectivity index (χ1n) is 8.46. The highest BCUT2D eigenvalue weighted by molar-refractivity contribution is 5.83. The fourth-order valence-corrected chi connectivity index (χ4v) is 3.52. The van der Waals surface area contributed by atoms with Crippen LogP contribution >= 0.6 is 0 Å². The maximum Gasteiger partial charge on any atom is 0.320 e. The summed E-state index contributed by atoms with van der Waals surface area (Å²) in [5.74, 6) is 0. The van der Waals surface area contributed by atoms with E-state index in [1.54, 1.807) is 30.8 Å². The lowest BCUT2D eigenvalue weighted by Gasteiger charge is -2.41. The van der Waals surface area contributed by atoms with Crippen LogP contribution in [0.5, 0.6) is 0 Å². The largest absolute Gasteiger partial charge is 0.390 e. The third-order valence-electron chi connectivity index (χ3n) is 4.80. The second kappa shape index (κ2) is 6.73. The summed E-state index contributed by atoms with van der Waals surface area (Å²) in [6.07, 6.45) is 1.30. The van der Waals surface area contributed by atoms with Gasteiger partial charge in [0.05, 0.1) is 6.10 Å². The van der Waals surface area contributed by atoms with Crippen molar-refractivity contribution in [2.24, 2.45) is 0 Å². The van der Waals surface area contributed by atoms with E-state index in [9.17, 15) is 9.90 Å². The van der Waals surface area contributed by atoms with Gasteiger partial charge in [-0.3, -0.25) is 0 Å². The first kappa shape index (κ1) is 17.2. The zero-order valence-electron chi connectivity index (χ0n) is 14.9. The highest BCUT2D eigenvalue weighted by Gasteiger charge is 2.48. The van der Waals surface area contributed by atoms with Gasteiger partial charge in [-0.2, -0.15) is 0 Å². The van der Waals surface area contributed by atoms with Gasteiger partial charge >= 0.3 is 6.03 Å². The quantitative estimate of drug-likeness (QED) is 0.934. The van der Waals surface area contributed by atoms with Gasteiger partial charge < -0.3 is 14.9 Å². The molecule has 130 valence electrons. The van der Waals surface area contributed by atoms with E-state index in [1.165, 1.54) is 0 Å². The van der Waals surface area contributed by atoms with Gasteiger partial charge in [0.25, 0.3) is 0 Å². The number of hydrogen-bond donors (Lipinski definition) is 1. The van der Waals surface area contributed by atoms with Gasteiger partial charge in [-0.05, 0) is 29.7 Å². The number of benzene rings is 2. The van der Waals surface area contributed by atoms with Gasteiger partial charge in [-0.25, -0.2) is 4.79 Å². The third kappa shape index (κ3) is 2.94. The standard InChI is InChI=1S/C21H24N2O2/c1-16(24)21(19-12-8-5-9-13-19)14-18(17-10-6-4-7-11-17)15-23(21)20(25)22(2)3/h4-14,16,24H,15H2,1-3H3. The molecule has 0 saturated carbocycles.